The molecule has 1 amide bonds. The molecule has 9 heteroatoms. The number of amides is 1. The molecular formula is C23H21ClN4O4. The number of likely N-dealkylation sites (tertiary alicyclic amines) is 1. The Bertz CT molecular complexity index is 1160. The lowest BCUT2D eigenvalue weighted by atomic mass is 9.98. The van der Waals surface area contributed by atoms with Gasteiger partial charge in [0.1, 0.15) is 17.6 Å². The summed E-state index contributed by atoms with van der Waals surface area (Å²) in [6, 6.07) is 9.11. The summed E-state index contributed by atoms with van der Waals surface area (Å²) in [5, 5.41) is 11.5. The van der Waals surface area contributed by atoms with Crippen molar-refractivity contribution in [2.24, 2.45) is 0 Å². The number of aliphatic hydroxyl groups is 1. The van der Waals surface area contributed by atoms with Gasteiger partial charge in [0.25, 0.3) is 11.7 Å². The lowest BCUT2D eigenvalue weighted by molar-refractivity contribution is -0.140. The van der Waals surface area contributed by atoms with E-state index in [2.05, 4.69) is 9.97 Å². The molecule has 1 N–H and O–H groups in total. The average molecular weight is 453 g/mol. The van der Waals surface area contributed by atoms with E-state index in [0.29, 0.717) is 36.0 Å². The summed E-state index contributed by atoms with van der Waals surface area (Å²) < 4.78 is 7.22. The van der Waals surface area contributed by atoms with Crippen LogP contribution in [0.5, 0.6) is 5.75 Å². The van der Waals surface area contributed by atoms with Crippen LogP contribution >= 0.6 is 11.6 Å². The van der Waals surface area contributed by atoms with Crippen molar-refractivity contribution in [3.63, 3.8) is 0 Å². The number of aryl methyl sites for hydroxylation is 1. The monoisotopic (exact) mass is 452 g/mol. The van der Waals surface area contributed by atoms with E-state index in [9.17, 15) is 14.7 Å². The van der Waals surface area contributed by atoms with Gasteiger partial charge in [-0.3, -0.25) is 14.6 Å². The van der Waals surface area contributed by atoms with Crippen molar-refractivity contribution >= 4 is 29.1 Å². The average Bonchev–Trinajstić information content (AvgIpc) is 3.41. The van der Waals surface area contributed by atoms with E-state index in [1.807, 2.05) is 10.8 Å². The van der Waals surface area contributed by atoms with Crippen LogP contribution in [0.15, 0.2) is 66.9 Å². The number of carbonyl (C=O) groups excluding carboxylic acids is 2. The van der Waals surface area contributed by atoms with Crippen molar-refractivity contribution in [3.8, 4) is 5.75 Å². The molecule has 0 unspecified atom stereocenters. The van der Waals surface area contributed by atoms with Crippen LogP contribution in [-0.4, -0.2) is 49.9 Å². The summed E-state index contributed by atoms with van der Waals surface area (Å²) in [6.45, 7) is 0.924. The molecule has 4 rings (SSSR count). The minimum atomic E-state index is -0.831. The second-order valence-electron chi connectivity index (χ2n) is 7.25. The number of halogens is 1. The fraction of sp³-hybridized carbons (Fsp3) is 0.217. The first-order valence-electron chi connectivity index (χ1n) is 10.00. The third-order valence-corrected chi connectivity index (χ3v) is 5.53. The van der Waals surface area contributed by atoms with Crippen LogP contribution in [0.1, 0.15) is 23.7 Å². The number of nitrogens with zero attached hydrogens (tertiary/aromatic N) is 4. The summed E-state index contributed by atoms with van der Waals surface area (Å²) in [4.78, 5) is 35.9. The first kappa shape index (κ1) is 21.6. The third-order valence-electron chi connectivity index (χ3n) is 5.30. The van der Waals surface area contributed by atoms with Gasteiger partial charge in [-0.1, -0.05) is 17.7 Å². The van der Waals surface area contributed by atoms with Gasteiger partial charge < -0.3 is 19.3 Å². The summed E-state index contributed by atoms with van der Waals surface area (Å²) >= 11 is 6.12. The van der Waals surface area contributed by atoms with Crippen LogP contribution in [0.2, 0.25) is 5.02 Å². The number of benzene rings is 1. The van der Waals surface area contributed by atoms with E-state index in [0.717, 1.165) is 0 Å². The molecule has 164 valence electrons. The molecule has 0 spiro atoms. The molecule has 1 aliphatic rings. The first-order chi connectivity index (χ1) is 15.5. The van der Waals surface area contributed by atoms with E-state index in [-0.39, 0.29) is 16.9 Å². The second kappa shape index (κ2) is 9.23. The highest BCUT2D eigenvalue weighted by molar-refractivity contribution is 6.46. The number of aromatic nitrogens is 3. The van der Waals surface area contributed by atoms with Crippen molar-refractivity contribution in [1.82, 2.24) is 19.4 Å². The third kappa shape index (κ3) is 4.09. The van der Waals surface area contributed by atoms with Crippen LogP contribution in [0, 0.1) is 0 Å². The minimum Gasteiger partial charge on any atom is -0.507 e. The molecule has 8 nitrogen and oxygen atoms in total. The molecule has 0 bridgehead atoms. The van der Waals surface area contributed by atoms with Crippen molar-refractivity contribution in [2.75, 3.05) is 13.7 Å². The summed E-state index contributed by atoms with van der Waals surface area (Å²) in [5.41, 5.74) is 0.672. The number of hydrogen-bond acceptors (Lipinski definition) is 6. The zero-order chi connectivity index (χ0) is 22.7. The van der Waals surface area contributed by atoms with Crippen LogP contribution in [0.4, 0.5) is 0 Å². The number of carbonyl (C=O) groups is 2. The Hall–Kier alpha value is -3.65. The number of methoxy groups -OCH3 is 1. The van der Waals surface area contributed by atoms with E-state index < -0.39 is 17.7 Å². The number of Topliss-reactive ketones (excluding diaryl/α,β-unsaturated/α-hetero) is 1. The predicted molar refractivity (Wildman–Crippen MR) is 118 cm³/mol. The first-order valence-corrected chi connectivity index (χ1v) is 10.4. The summed E-state index contributed by atoms with van der Waals surface area (Å²) in [6.07, 6.45) is 7.37. The predicted octanol–water partition coefficient (Wildman–Crippen LogP) is 3.45. The van der Waals surface area contributed by atoms with Crippen molar-refractivity contribution in [2.45, 2.75) is 19.0 Å². The molecule has 2 aromatic heterocycles. The number of aliphatic hydroxyl groups excluding tert-OH is 1. The molecule has 1 aliphatic heterocycles. The topological polar surface area (TPSA) is 97.6 Å². The van der Waals surface area contributed by atoms with Gasteiger partial charge in [-0.25, -0.2) is 4.98 Å². The van der Waals surface area contributed by atoms with Gasteiger partial charge in [-0.2, -0.15) is 0 Å². The molecule has 3 heterocycles. The fourth-order valence-electron chi connectivity index (χ4n) is 3.81. The molecular weight excluding hydrogens is 432 g/mol. The van der Waals surface area contributed by atoms with Crippen LogP contribution < -0.4 is 4.74 Å². The van der Waals surface area contributed by atoms with Crippen LogP contribution in [-0.2, 0) is 16.1 Å². The number of imidazole rings is 1. The number of pyridine rings is 1. The SMILES string of the molecule is COc1ccc(Cl)cc1/C(O)=C1\C(=O)C(=O)N(CCCn2ccnc2)[C@H]1c1ccccn1. The molecule has 1 aromatic carbocycles. The highest BCUT2D eigenvalue weighted by Crippen LogP contribution is 2.40. The van der Waals surface area contributed by atoms with E-state index in [1.165, 1.54) is 18.1 Å². The summed E-state index contributed by atoms with van der Waals surface area (Å²) in [7, 11) is 1.45. The molecule has 0 radical (unpaired) electrons. The van der Waals surface area contributed by atoms with E-state index in [4.69, 9.17) is 16.3 Å². The number of ether oxygens (including phenoxy) is 1. The van der Waals surface area contributed by atoms with Gasteiger partial charge in [0.05, 0.1) is 30.3 Å². The molecule has 1 saturated heterocycles. The Kier molecular flexibility index (Phi) is 6.23. The van der Waals surface area contributed by atoms with Crippen LogP contribution in [0.3, 0.4) is 0 Å². The van der Waals surface area contributed by atoms with Crippen molar-refractivity contribution in [1.29, 1.82) is 0 Å². The molecule has 3 aromatic rings. The lowest BCUT2D eigenvalue weighted by Gasteiger charge is -2.24. The molecule has 0 saturated carbocycles. The zero-order valence-corrected chi connectivity index (χ0v) is 18.1. The van der Waals surface area contributed by atoms with Gasteiger partial charge in [-0.15, -0.1) is 0 Å². The van der Waals surface area contributed by atoms with Gasteiger partial charge in [0, 0.05) is 36.7 Å². The van der Waals surface area contributed by atoms with Gasteiger partial charge >= 0.3 is 0 Å². The Labute approximate surface area is 189 Å². The van der Waals surface area contributed by atoms with Crippen molar-refractivity contribution < 1.29 is 19.4 Å². The minimum absolute atomic E-state index is 0.0445. The maximum atomic E-state index is 13.1. The molecule has 1 atom stereocenters. The zero-order valence-electron chi connectivity index (χ0n) is 17.3. The molecule has 1 fully saturated rings. The Morgan fingerprint density at radius 2 is 2.03 bits per heavy atom. The second-order valence-corrected chi connectivity index (χ2v) is 7.68. The van der Waals surface area contributed by atoms with E-state index >= 15 is 0 Å². The highest BCUT2D eigenvalue weighted by Gasteiger charge is 2.46. The standard InChI is InChI=1S/C23H21ClN4O4/c1-32-18-7-6-15(24)13-16(18)21(29)19-20(17-5-2-3-8-26-17)28(23(31)22(19)30)11-4-10-27-12-9-25-14-27/h2-3,5-9,12-14,20,29H,4,10-11H2,1H3/b21-19+/t20-/m0/s1. The Morgan fingerprint density at radius 1 is 1.19 bits per heavy atom. The lowest BCUT2D eigenvalue weighted by Crippen LogP contribution is -2.31. The molecule has 32 heavy (non-hydrogen) atoms. The smallest absolute Gasteiger partial charge is 0.295 e. The van der Waals surface area contributed by atoms with Crippen LogP contribution in [0.25, 0.3) is 5.76 Å². The van der Waals surface area contributed by atoms with Gasteiger partial charge in [-0.05, 0) is 36.8 Å². The summed E-state index contributed by atoms with van der Waals surface area (Å²) in [5.74, 6) is -1.48. The normalized spacial score (nSPS) is 17.7. The van der Waals surface area contributed by atoms with Crippen molar-refractivity contribution in [3.05, 3.63) is 83.2 Å². The Balaban J connectivity index is 1.76. The fourth-order valence-corrected chi connectivity index (χ4v) is 3.98. The number of hydrogen-bond donors (Lipinski definition) is 1. The van der Waals surface area contributed by atoms with Gasteiger partial charge in [0.15, 0.2) is 0 Å². The Morgan fingerprint density at radius 3 is 2.72 bits per heavy atom. The maximum Gasteiger partial charge on any atom is 0.295 e. The van der Waals surface area contributed by atoms with E-state index in [1.54, 1.807) is 49.1 Å². The quantitative estimate of drug-likeness (QED) is 0.335. The highest BCUT2D eigenvalue weighted by atomic mass is 35.5. The largest absolute Gasteiger partial charge is 0.507 e. The number of rotatable bonds is 7. The number of ketones is 1. The van der Waals surface area contributed by atoms with Gasteiger partial charge in [0.2, 0.25) is 0 Å². The maximum absolute atomic E-state index is 13.1. The molecule has 0 aliphatic carbocycles.